The predicted molar refractivity (Wildman–Crippen MR) is 143 cm³/mol. The maximum atomic E-state index is 12.2. The van der Waals surface area contributed by atoms with Gasteiger partial charge in [0, 0.05) is 21.3 Å². The molecule has 0 spiro atoms. The SMILES string of the molecule is CCOc1cc(C=NNC(=O)CC(=O)Nc2ccc(C)cc2C)ccc1OCc1ccc(Cl)cc1Cl. The van der Waals surface area contributed by atoms with Crippen molar-refractivity contribution in [2.24, 2.45) is 5.10 Å². The summed E-state index contributed by atoms with van der Waals surface area (Å²) in [6.07, 6.45) is 1.11. The monoisotopic (exact) mass is 527 g/mol. The largest absolute Gasteiger partial charge is 0.490 e. The Morgan fingerprint density at radius 1 is 0.944 bits per heavy atom. The number of aryl methyl sites for hydroxylation is 2. The predicted octanol–water partition coefficient (Wildman–Crippen LogP) is 6.07. The van der Waals surface area contributed by atoms with Crippen molar-refractivity contribution in [1.82, 2.24) is 5.43 Å². The molecule has 2 N–H and O–H groups in total. The van der Waals surface area contributed by atoms with Crippen LogP contribution in [0.4, 0.5) is 5.69 Å². The number of anilines is 1. The molecule has 0 bridgehead atoms. The topological polar surface area (TPSA) is 89.0 Å². The van der Waals surface area contributed by atoms with Gasteiger partial charge in [-0.3, -0.25) is 9.59 Å². The van der Waals surface area contributed by atoms with Crippen molar-refractivity contribution in [2.75, 3.05) is 11.9 Å². The normalized spacial score (nSPS) is 10.8. The lowest BCUT2D eigenvalue weighted by Gasteiger charge is -2.13. The zero-order chi connectivity index (χ0) is 26.1. The molecule has 0 saturated carbocycles. The number of rotatable bonds is 10. The number of amides is 2. The summed E-state index contributed by atoms with van der Waals surface area (Å²) in [4.78, 5) is 24.3. The van der Waals surface area contributed by atoms with Crippen LogP contribution in [0.1, 0.15) is 35.6 Å². The number of nitrogens with zero attached hydrogens (tertiary/aromatic N) is 1. The lowest BCUT2D eigenvalue weighted by atomic mass is 10.1. The third-order valence-electron chi connectivity index (χ3n) is 5.05. The molecule has 0 heterocycles. The first-order valence-corrected chi connectivity index (χ1v) is 12.0. The van der Waals surface area contributed by atoms with Crippen molar-refractivity contribution in [1.29, 1.82) is 0 Å². The molecule has 0 aliphatic carbocycles. The van der Waals surface area contributed by atoms with Gasteiger partial charge in [-0.05, 0) is 68.3 Å². The summed E-state index contributed by atoms with van der Waals surface area (Å²) in [5.41, 5.74) is 6.53. The van der Waals surface area contributed by atoms with Crippen molar-refractivity contribution in [3.8, 4) is 11.5 Å². The Labute approximate surface area is 220 Å². The number of halogens is 2. The van der Waals surface area contributed by atoms with Crippen LogP contribution in [0.25, 0.3) is 0 Å². The highest BCUT2D eigenvalue weighted by Crippen LogP contribution is 2.30. The number of carbonyl (C=O) groups is 2. The number of carbonyl (C=O) groups excluding carboxylic acids is 2. The molecule has 3 aromatic carbocycles. The van der Waals surface area contributed by atoms with Crippen molar-refractivity contribution >= 4 is 46.9 Å². The van der Waals surface area contributed by atoms with Gasteiger partial charge in [0.15, 0.2) is 11.5 Å². The van der Waals surface area contributed by atoms with Gasteiger partial charge in [0.2, 0.25) is 11.8 Å². The molecule has 0 unspecified atom stereocenters. The molecule has 0 saturated heterocycles. The molecule has 0 radical (unpaired) electrons. The smallest absolute Gasteiger partial charge is 0.249 e. The van der Waals surface area contributed by atoms with E-state index < -0.39 is 11.8 Å². The van der Waals surface area contributed by atoms with Gasteiger partial charge >= 0.3 is 0 Å². The fourth-order valence-electron chi connectivity index (χ4n) is 3.30. The number of hydrazone groups is 1. The van der Waals surface area contributed by atoms with Crippen LogP contribution in [-0.4, -0.2) is 24.6 Å². The summed E-state index contributed by atoms with van der Waals surface area (Å²) in [5.74, 6) is 0.103. The third-order valence-corrected chi connectivity index (χ3v) is 5.63. The van der Waals surface area contributed by atoms with Crippen LogP contribution in [0.15, 0.2) is 59.7 Å². The van der Waals surface area contributed by atoms with Crippen LogP contribution in [0.5, 0.6) is 11.5 Å². The lowest BCUT2D eigenvalue weighted by Crippen LogP contribution is -2.24. The van der Waals surface area contributed by atoms with Gasteiger partial charge in [0.1, 0.15) is 13.0 Å². The van der Waals surface area contributed by atoms with E-state index >= 15 is 0 Å². The summed E-state index contributed by atoms with van der Waals surface area (Å²) in [5, 5.41) is 7.75. The van der Waals surface area contributed by atoms with Gasteiger partial charge in [0.05, 0.1) is 12.8 Å². The van der Waals surface area contributed by atoms with E-state index in [1.165, 1.54) is 6.21 Å². The second-order valence-corrected chi connectivity index (χ2v) is 8.84. The summed E-state index contributed by atoms with van der Waals surface area (Å²) >= 11 is 12.2. The standard InChI is InChI=1S/C27H27Cl2N3O4/c1-4-35-25-12-19(6-10-24(25)36-16-20-7-8-21(28)13-22(20)29)15-30-32-27(34)14-26(33)31-23-9-5-17(2)11-18(23)3/h5-13,15H,4,14,16H2,1-3H3,(H,31,33)(H,32,34). The lowest BCUT2D eigenvalue weighted by molar-refractivity contribution is -0.126. The van der Waals surface area contributed by atoms with Crippen molar-refractivity contribution in [2.45, 2.75) is 33.8 Å². The van der Waals surface area contributed by atoms with Gasteiger partial charge in [-0.2, -0.15) is 5.10 Å². The Kier molecular flexibility index (Phi) is 9.73. The number of ether oxygens (including phenoxy) is 2. The fraction of sp³-hybridized carbons (Fsp3) is 0.222. The van der Waals surface area contributed by atoms with Crippen molar-refractivity contribution in [3.05, 3.63) is 86.9 Å². The summed E-state index contributed by atoms with van der Waals surface area (Å²) < 4.78 is 11.6. The second-order valence-electron chi connectivity index (χ2n) is 8.00. The highest BCUT2D eigenvalue weighted by Gasteiger charge is 2.11. The molecule has 9 heteroatoms. The van der Waals surface area contributed by atoms with Crippen LogP contribution in [0, 0.1) is 13.8 Å². The minimum Gasteiger partial charge on any atom is -0.490 e. The number of nitrogens with one attached hydrogen (secondary N) is 2. The Hall–Kier alpha value is -3.55. The molecule has 2 amide bonds. The summed E-state index contributed by atoms with van der Waals surface area (Å²) in [6.45, 7) is 6.41. The fourth-order valence-corrected chi connectivity index (χ4v) is 3.76. The van der Waals surface area contributed by atoms with Crippen LogP contribution < -0.4 is 20.2 Å². The van der Waals surface area contributed by atoms with Gasteiger partial charge in [-0.25, -0.2) is 5.43 Å². The molecule has 36 heavy (non-hydrogen) atoms. The zero-order valence-corrected chi connectivity index (χ0v) is 21.7. The third kappa shape index (κ3) is 8.00. The quantitative estimate of drug-likeness (QED) is 0.190. The van der Waals surface area contributed by atoms with Gasteiger partial charge < -0.3 is 14.8 Å². The minimum atomic E-state index is -0.529. The van der Waals surface area contributed by atoms with E-state index in [9.17, 15) is 9.59 Å². The van der Waals surface area contributed by atoms with Crippen LogP contribution in [-0.2, 0) is 16.2 Å². The summed E-state index contributed by atoms with van der Waals surface area (Å²) in [7, 11) is 0. The van der Waals surface area contributed by atoms with E-state index in [-0.39, 0.29) is 13.0 Å². The van der Waals surface area contributed by atoms with E-state index in [0.717, 1.165) is 16.7 Å². The first kappa shape index (κ1) is 27.0. The minimum absolute atomic E-state index is 0.240. The van der Waals surface area contributed by atoms with E-state index in [4.69, 9.17) is 32.7 Å². The molecule has 3 rings (SSSR count). The maximum absolute atomic E-state index is 12.2. The Morgan fingerprint density at radius 2 is 1.75 bits per heavy atom. The van der Waals surface area contributed by atoms with E-state index in [1.807, 2.05) is 39.0 Å². The number of hydrogen-bond acceptors (Lipinski definition) is 5. The van der Waals surface area contributed by atoms with Crippen molar-refractivity contribution in [3.63, 3.8) is 0 Å². The first-order chi connectivity index (χ1) is 17.2. The molecule has 0 aromatic heterocycles. The molecule has 0 aliphatic heterocycles. The average molecular weight is 528 g/mol. The maximum Gasteiger partial charge on any atom is 0.249 e. The average Bonchev–Trinajstić information content (AvgIpc) is 2.81. The number of benzene rings is 3. The van der Waals surface area contributed by atoms with Gasteiger partial charge in [-0.15, -0.1) is 0 Å². The Balaban J connectivity index is 1.56. The molecular weight excluding hydrogens is 501 g/mol. The highest BCUT2D eigenvalue weighted by atomic mass is 35.5. The van der Waals surface area contributed by atoms with Gasteiger partial charge in [-0.1, -0.05) is 47.0 Å². The van der Waals surface area contributed by atoms with Gasteiger partial charge in [0.25, 0.3) is 0 Å². The summed E-state index contributed by atoms with van der Waals surface area (Å²) in [6, 6.07) is 16.1. The second kappa shape index (κ2) is 13.0. The molecule has 3 aromatic rings. The molecule has 0 fully saturated rings. The molecule has 0 aliphatic rings. The molecule has 188 valence electrons. The van der Waals surface area contributed by atoms with Crippen LogP contribution in [0.3, 0.4) is 0 Å². The van der Waals surface area contributed by atoms with E-state index in [2.05, 4.69) is 15.8 Å². The molecule has 0 atom stereocenters. The Bertz CT molecular complexity index is 1280. The Morgan fingerprint density at radius 3 is 2.47 bits per heavy atom. The zero-order valence-electron chi connectivity index (χ0n) is 20.2. The van der Waals surface area contributed by atoms with E-state index in [1.54, 1.807) is 36.4 Å². The van der Waals surface area contributed by atoms with E-state index in [0.29, 0.717) is 39.4 Å². The highest BCUT2D eigenvalue weighted by molar-refractivity contribution is 6.35. The number of hydrogen-bond donors (Lipinski definition) is 2. The van der Waals surface area contributed by atoms with Crippen LogP contribution >= 0.6 is 23.2 Å². The first-order valence-electron chi connectivity index (χ1n) is 11.3. The molecule has 7 nitrogen and oxygen atoms in total. The van der Waals surface area contributed by atoms with Crippen LogP contribution in [0.2, 0.25) is 10.0 Å². The van der Waals surface area contributed by atoms with Crippen molar-refractivity contribution < 1.29 is 19.1 Å². The molecular formula is C27H27Cl2N3O4.